The largest absolute Gasteiger partial charge is 0.378 e. The Bertz CT molecular complexity index is 737. The summed E-state index contributed by atoms with van der Waals surface area (Å²) >= 11 is 0. The number of hydrogen-bond acceptors (Lipinski definition) is 4. The minimum atomic E-state index is -3.87. The van der Waals surface area contributed by atoms with E-state index in [1.807, 2.05) is 0 Å². The van der Waals surface area contributed by atoms with E-state index in [-0.39, 0.29) is 36.5 Å². The molecule has 0 aliphatic carbocycles. The van der Waals surface area contributed by atoms with Gasteiger partial charge in [0.1, 0.15) is 5.82 Å². The van der Waals surface area contributed by atoms with E-state index in [0.29, 0.717) is 12.2 Å². The zero-order valence-corrected chi connectivity index (χ0v) is 13.8. The van der Waals surface area contributed by atoms with Crippen molar-refractivity contribution in [2.24, 2.45) is 5.92 Å². The van der Waals surface area contributed by atoms with Gasteiger partial charge in [-0.25, -0.2) is 12.8 Å². The fourth-order valence-corrected chi connectivity index (χ4v) is 4.81. The van der Waals surface area contributed by atoms with Crippen LogP contribution in [0.1, 0.15) is 5.56 Å². The van der Waals surface area contributed by atoms with Crippen LogP contribution < -0.4 is 0 Å². The van der Waals surface area contributed by atoms with Gasteiger partial charge < -0.3 is 9.64 Å². The van der Waals surface area contributed by atoms with E-state index < -0.39 is 21.8 Å². The molecule has 0 radical (unpaired) electrons. The molecule has 23 heavy (non-hydrogen) atoms. The molecule has 2 bridgehead atoms. The third-order valence-electron chi connectivity index (χ3n) is 4.48. The number of halogens is 1. The first-order valence-electron chi connectivity index (χ1n) is 7.41. The van der Waals surface area contributed by atoms with E-state index >= 15 is 0 Å². The molecule has 2 heterocycles. The van der Waals surface area contributed by atoms with Crippen molar-refractivity contribution in [2.45, 2.75) is 17.9 Å². The molecule has 2 aliphatic rings. The lowest BCUT2D eigenvalue weighted by molar-refractivity contribution is -0.133. The van der Waals surface area contributed by atoms with Crippen molar-refractivity contribution < 1.29 is 22.3 Å². The van der Waals surface area contributed by atoms with Crippen LogP contribution in [0.25, 0.3) is 0 Å². The highest BCUT2D eigenvalue weighted by Crippen LogP contribution is 2.27. The number of rotatable bonds is 2. The number of amides is 1. The van der Waals surface area contributed by atoms with Crippen molar-refractivity contribution >= 4 is 15.9 Å². The summed E-state index contributed by atoms with van der Waals surface area (Å²) in [5.41, 5.74) is 0.483. The van der Waals surface area contributed by atoms with E-state index in [0.717, 1.165) is 6.07 Å². The highest BCUT2D eigenvalue weighted by molar-refractivity contribution is 7.89. The first-order chi connectivity index (χ1) is 10.8. The molecule has 8 heteroatoms. The zero-order chi connectivity index (χ0) is 16.8. The number of carbonyl (C=O) groups excluding carboxylic acids is 1. The predicted octanol–water partition coefficient (Wildman–Crippen LogP) is 0.612. The summed E-state index contributed by atoms with van der Waals surface area (Å²) in [6.45, 7) is 2.33. The maximum absolute atomic E-state index is 13.5. The molecule has 0 saturated carbocycles. The number of sulfonamides is 1. The van der Waals surface area contributed by atoms with Crippen molar-refractivity contribution in [1.82, 2.24) is 9.21 Å². The lowest BCUT2D eigenvalue weighted by Gasteiger charge is -2.29. The average Bonchev–Trinajstić information content (AvgIpc) is 2.67. The topological polar surface area (TPSA) is 66.9 Å². The molecule has 2 saturated heterocycles. The zero-order valence-electron chi connectivity index (χ0n) is 13.0. The summed E-state index contributed by atoms with van der Waals surface area (Å²) in [4.78, 5) is 13.8. The number of carbonyl (C=O) groups is 1. The van der Waals surface area contributed by atoms with Crippen molar-refractivity contribution in [3.05, 3.63) is 29.6 Å². The molecule has 2 atom stereocenters. The van der Waals surface area contributed by atoms with Crippen LogP contribution in [0.5, 0.6) is 0 Å². The van der Waals surface area contributed by atoms with Gasteiger partial charge in [-0.1, -0.05) is 6.07 Å². The molecule has 0 spiro atoms. The Labute approximate surface area is 134 Å². The molecule has 3 rings (SSSR count). The quantitative estimate of drug-likeness (QED) is 0.790. The van der Waals surface area contributed by atoms with Gasteiger partial charge in [0.25, 0.3) is 0 Å². The number of benzene rings is 1. The molecular weight excluding hydrogens is 323 g/mol. The number of ether oxygens (including phenoxy) is 1. The molecule has 2 fully saturated rings. The number of likely N-dealkylation sites (N-methyl/N-ethyl adjacent to an activating group) is 1. The van der Waals surface area contributed by atoms with Gasteiger partial charge in [-0.2, -0.15) is 4.31 Å². The van der Waals surface area contributed by atoms with Crippen LogP contribution in [0.4, 0.5) is 4.39 Å². The minimum Gasteiger partial charge on any atom is -0.378 e. The number of aryl methyl sites for hydroxylation is 1. The van der Waals surface area contributed by atoms with Crippen molar-refractivity contribution in [2.75, 3.05) is 33.4 Å². The smallest absolute Gasteiger partial charge is 0.243 e. The Morgan fingerprint density at radius 3 is 2.74 bits per heavy atom. The highest BCUT2D eigenvalue weighted by Gasteiger charge is 2.41. The van der Waals surface area contributed by atoms with Gasteiger partial charge >= 0.3 is 0 Å². The molecule has 0 N–H and O–H groups in total. The lowest BCUT2D eigenvalue weighted by atomic mass is 10.1. The SMILES string of the molecule is Cc1ccc(F)cc1S(=O)(=O)N1C[C@@H]2COC[C@H](C1)N(C)C2=O. The van der Waals surface area contributed by atoms with Gasteiger partial charge in [0.15, 0.2) is 0 Å². The van der Waals surface area contributed by atoms with Crippen molar-refractivity contribution in [3.63, 3.8) is 0 Å². The van der Waals surface area contributed by atoms with Crippen LogP contribution in [0.2, 0.25) is 0 Å². The summed E-state index contributed by atoms with van der Waals surface area (Å²) in [5.74, 6) is -1.24. The first kappa shape index (κ1) is 16.4. The van der Waals surface area contributed by atoms with Gasteiger partial charge in [-0.3, -0.25) is 4.79 Å². The van der Waals surface area contributed by atoms with Crippen LogP contribution in [0, 0.1) is 18.7 Å². The van der Waals surface area contributed by atoms with Gasteiger partial charge in [-0.15, -0.1) is 0 Å². The third-order valence-corrected chi connectivity index (χ3v) is 6.45. The maximum atomic E-state index is 13.5. The van der Waals surface area contributed by atoms with E-state index in [9.17, 15) is 17.6 Å². The van der Waals surface area contributed by atoms with Crippen molar-refractivity contribution in [1.29, 1.82) is 0 Å². The van der Waals surface area contributed by atoms with Crippen LogP contribution >= 0.6 is 0 Å². The highest BCUT2D eigenvalue weighted by atomic mass is 32.2. The molecule has 1 aromatic rings. The van der Waals surface area contributed by atoms with E-state index in [4.69, 9.17) is 4.74 Å². The van der Waals surface area contributed by atoms with Gasteiger partial charge in [0, 0.05) is 20.1 Å². The third kappa shape index (κ3) is 2.86. The molecule has 1 amide bonds. The predicted molar refractivity (Wildman–Crippen MR) is 80.8 cm³/mol. The molecule has 126 valence electrons. The second kappa shape index (κ2) is 5.85. The Hall–Kier alpha value is -1.51. The normalized spacial score (nSPS) is 26.2. The first-order valence-corrected chi connectivity index (χ1v) is 8.85. The summed E-state index contributed by atoms with van der Waals surface area (Å²) in [6, 6.07) is 3.38. The maximum Gasteiger partial charge on any atom is 0.243 e. The molecule has 1 aromatic carbocycles. The van der Waals surface area contributed by atoms with E-state index in [1.54, 1.807) is 18.9 Å². The van der Waals surface area contributed by atoms with Gasteiger partial charge in [0.05, 0.1) is 30.1 Å². The average molecular weight is 342 g/mol. The Kier molecular flexibility index (Phi) is 4.16. The lowest BCUT2D eigenvalue weighted by Crippen LogP contribution is -2.45. The number of nitrogens with zero attached hydrogens (tertiary/aromatic N) is 2. The number of fused-ring (bicyclic) bond motifs is 3. The Balaban J connectivity index is 2.00. The second-order valence-electron chi connectivity index (χ2n) is 6.07. The van der Waals surface area contributed by atoms with Crippen LogP contribution in [0.3, 0.4) is 0 Å². The van der Waals surface area contributed by atoms with Crippen molar-refractivity contribution in [3.8, 4) is 0 Å². The van der Waals surface area contributed by atoms with E-state index in [1.165, 1.54) is 16.4 Å². The fourth-order valence-electron chi connectivity index (χ4n) is 3.05. The molecule has 2 aliphatic heterocycles. The summed E-state index contributed by atoms with van der Waals surface area (Å²) in [7, 11) is -2.20. The second-order valence-corrected chi connectivity index (χ2v) is 7.98. The standard InChI is InChI=1S/C15H19FN2O4S/c1-10-3-4-12(16)5-14(10)23(20,21)18-6-11-8-22-9-13(7-18)17(2)15(11)19/h3-5,11,13H,6-9H2,1-2H3/t11-,13+/m1/s1. The molecular formula is C15H19FN2O4S. The monoisotopic (exact) mass is 342 g/mol. The Morgan fingerprint density at radius 2 is 2.00 bits per heavy atom. The summed E-state index contributed by atoms with van der Waals surface area (Å²) < 4.78 is 46.2. The summed E-state index contributed by atoms with van der Waals surface area (Å²) in [5, 5.41) is 0. The van der Waals surface area contributed by atoms with Gasteiger partial charge in [0.2, 0.25) is 15.9 Å². The Morgan fingerprint density at radius 1 is 1.26 bits per heavy atom. The van der Waals surface area contributed by atoms with Gasteiger partial charge in [-0.05, 0) is 24.6 Å². The minimum absolute atomic E-state index is 0.0477. The summed E-state index contributed by atoms with van der Waals surface area (Å²) in [6.07, 6.45) is 0. The van der Waals surface area contributed by atoms with E-state index in [2.05, 4.69) is 0 Å². The van der Waals surface area contributed by atoms with Crippen LogP contribution in [0.15, 0.2) is 23.1 Å². The molecule has 0 unspecified atom stereocenters. The van der Waals surface area contributed by atoms with Crippen LogP contribution in [-0.2, 0) is 19.6 Å². The molecule has 6 nitrogen and oxygen atoms in total. The number of hydrogen-bond donors (Lipinski definition) is 0. The fraction of sp³-hybridized carbons (Fsp3) is 0.533. The molecule has 0 aromatic heterocycles. The van der Waals surface area contributed by atoms with Crippen LogP contribution in [-0.4, -0.2) is 62.9 Å².